The van der Waals surface area contributed by atoms with Crippen LogP contribution in [0.25, 0.3) is 22.4 Å². The summed E-state index contributed by atoms with van der Waals surface area (Å²) >= 11 is 6.00. The molecular formula is C25H24ClFN6O. The maximum atomic E-state index is 15.0. The maximum absolute atomic E-state index is 15.0. The minimum absolute atomic E-state index is 0.00935. The lowest BCUT2D eigenvalue weighted by Crippen LogP contribution is -2.20. The Balaban J connectivity index is 1.40. The van der Waals surface area contributed by atoms with Gasteiger partial charge in [-0.3, -0.25) is 4.68 Å². The smallest absolute Gasteiger partial charge is 0.182 e. The zero-order chi connectivity index (χ0) is 24.3. The van der Waals surface area contributed by atoms with E-state index in [1.54, 1.807) is 23.0 Å². The van der Waals surface area contributed by atoms with Crippen molar-refractivity contribution >= 4 is 22.8 Å². The number of hydrogen-bond donors (Lipinski definition) is 0. The number of halogens is 2. The number of nitrogens with zero attached hydrogens (tertiary/aromatic N) is 6. The van der Waals surface area contributed by atoms with Gasteiger partial charge in [0.05, 0.1) is 31.1 Å². The van der Waals surface area contributed by atoms with Gasteiger partial charge in [-0.25, -0.2) is 24.3 Å². The normalized spacial score (nSPS) is 22.1. The van der Waals surface area contributed by atoms with E-state index >= 15 is 0 Å². The Hall–Kier alpha value is -2.97. The van der Waals surface area contributed by atoms with Gasteiger partial charge >= 0.3 is 0 Å². The molecule has 0 spiro atoms. The molecule has 4 aromatic rings. The molecule has 3 aromatic heterocycles. The van der Waals surface area contributed by atoms with Crippen LogP contribution in [0.1, 0.15) is 67.9 Å². The van der Waals surface area contributed by atoms with Crippen LogP contribution in [0.5, 0.6) is 0 Å². The average Bonchev–Trinajstić information content (AvgIpc) is 3.38. The summed E-state index contributed by atoms with van der Waals surface area (Å²) in [5.41, 5.74) is 4.11. The van der Waals surface area contributed by atoms with Crippen molar-refractivity contribution in [3.05, 3.63) is 64.2 Å². The fourth-order valence-corrected chi connectivity index (χ4v) is 4.56. The van der Waals surface area contributed by atoms with Crippen LogP contribution >= 0.6 is 11.6 Å². The van der Waals surface area contributed by atoms with Gasteiger partial charge in [-0.1, -0.05) is 11.6 Å². The van der Waals surface area contributed by atoms with Gasteiger partial charge in [-0.2, -0.15) is 5.10 Å². The fraction of sp³-hybridized carbons (Fsp3) is 0.400. The van der Waals surface area contributed by atoms with E-state index in [0.717, 1.165) is 36.2 Å². The van der Waals surface area contributed by atoms with Crippen LogP contribution in [0.4, 0.5) is 4.39 Å². The summed E-state index contributed by atoms with van der Waals surface area (Å²) in [5.74, 6) is 0.120. The molecule has 34 heavy (non-hydrogen) atoms. The van der Waals surface area contributed by atoms with Crippen LogP contribution in [-0.4, -0.2) is 36.3 Å². The summed E-state index contributed by atoms with van der Waals surface area (Å²) < 4.78 is 31.1. The lowest BCUT2D eigenvalue weighted by molar-refractivity contribution is 0.00396. The Kier molecular flexibility index (Phi) is 5.02. The first-order valence-electron chi connectivity index (χ1n) is 12.0. The molecular weight excluding hydrogens is 455 g/mol. The van der Waals surface area contributed by atoms with Crippen LogP contribution in [0.3, 0.4) is 0 Å². The van der Waals surface area contributed by atoms with E-state index < -0.39 is 11.8 Å². The van der Waals surface area contributed by atoms with Gasteiger partial charge in [0.15, 0.2) is 5.65 Å². The Morgan fingerprint density at radius 2 is 1.94 bits per heavy atom. The number of rotatable bonds is 4. The van der Waals surface area contributed by atoms with Gasteiger partial charge in [0, 0.05) is 34.9 Å². The van der Waals surface area contributed by atoms with E-state index in [9.17, 15) is 4.39 Å². The number of benzene rings is 1. The van der Waals surface area contributed by atoms with Crippen molar-refractivity contribution in [3.8, 4) is 11.3 Å². The van der Waals surface area contributed by atoms with Crippen molar-refractivity contribution in [2.45, 2.75) is 57.6 Å². The van der Waals surface area contributed by atoms with Crippen molar-refractivity contribution < 1.29 is 10.5 Å². The SMILES string of the molecule is [2H]C1(n2cc([C@H]3C[C@H](c4nc(-c5ccc(Cl)cc5F)c5nc(C)c(C)nc5n4)CCO3)cn2)CC1. The second-order valence-corrected chi connectivity index (χ2v) is 9.42. The third-order valence-electron chi connectivity index (χ3n) is 6.57. The van der Waals surface area contributed by atoms with Crippen LogP contribution in [-0.2, 0) is 4.74 Å². The molecule has 0 N–H and O–H groups in total. The summed E-state index contributed by atoms with van der Waals surface area (Å²) in [4.78, 5) is 18.9. The van der Waals surface area contributed by atoms with Crippen LogP contribution < -0.4 is 0 Å². The molecule has 4 heterocycles. The molecule has 174 valence electrons. The number of aromatic nitrogens is 6. The van der Waals surface area contributed by atoms with Crippen LogP contribution in [0.15, 0.2) is 30.6 Å². The summed E-state index contributed by atoms with van der Waals surface area (Å²) in [6.07, 6.45) is 6.55. The highest BCUT2D eigenvalue weighted by Crippen LogP contribution is 2.40. The minimum atomic E-state index is -0.611. The second kappa shape index (κ2) is 8.36. The molecule has 1 aromatic carbocycles. The third kappa shape index (κ3) is 3.95. The highest BCUT2D eigenvalue weighted by Gasteiger charge is 2.31. The number of fused-ring (bicyclic) bond motifs is 1. The number of hydrogen-bond acceptors (Lipinski definition) is 6. The summed E-state index contributed by atoms with van der Waals surface area (Å²) in [7, 11) is 0. The Bertz CT molecular complexity index is 1460. The van der Waals surface area contributed by atoms with Gasteiger partial charge in [-0.15, -0.1) is 0 Å². The van der Waals surface area contributed by atoms with Crippen molar-refractivity contribution in [1.29, 1.82) is 0 Å². The topological polar surface area (TPSA) is 78.6 Å². The predicted octanol–water partition coefficient (Wildman–Crippen LogP) is 5.66. The minimum Gasteiger partial charge on any atom is -0.373 e. The highest BCUT2D eigenvalue weighted by atomic mass is 35.5. The van der Waals surface area contributed by atoms with Crippen molar-refractivity contribution in [2.24, 2.45) is 0 Å². The summed E-state index contributed by atoms with van der Waals surface area (Å²) in [6.45, 7) is 4.29. The highest BCUT2D eigenvalue weighted by molar-refractivity contribution is 6.30. The summed E-state index contributed by atoms with van der Waals surface area (Å²) in [5, 5.41) is 4.72. The molecule has 1 saturated heterocycles. The molecule has 2 atom stereocenters. The van der Waals surface area contributed by atoms with Gasteiger partial charge in [0.1, 0.15) is 22.9 Å². The standard InChI is InChI=1S/C25H24ClFN6O/c1-13-14(2)30-25-23(29-13)22(19-6-3-17(26)10-20(19)27)31-24(32-25)15-7-8-34-21(9-15)16-11-28-33(12-16)18-4-5-18/h3,6,10-12,15,18,21H,4-5,7-9H2,1-2H3/t15-,21-/m1/s1/i18D. The molecule has 2 aliphatic rings. The maximum Gasteiger partial charge on any atom is 0.182 e. The van der Waals surface area contributed by atoms with Crippen LogP contribution in [0, 0.1) is 19.7 Å². The molecule has 0 radical (unpaired) electrons. The Morgan fingerprint density at radius 1 is 1.12 bits per heavy atom. The van der Waals surface area contributed by atoms with Crippen molar-refractivity contribution in [1.82, 2.24) is 29.7 Å². The van der Waals surface area contributed by atoms with E-state index in [-0.39, 0.29) is 12.0 Å². The van der Waals surface area contributed by atoms with Gasteiger partial charge < -0.3 is 4.74 Å². The van der Waals surface area contributed by atoms with Crippen molar-refractivity contribution in [3.63, 3.8) is 0 Å². The molecule has 1 saturated carbocycles. The third-order valence-corrected chi connectivity index (χ3v) is 6.80. The molecule has 2 fully saturated rings. The zero-order valence-corrected chi connectivity index (χ0v) is 19.7. The first kappa shape index (κ1) is 20.4. The quantitative estimate of drug-likeness (QED) is 0.375. The van der Waals surface area contributed by atoms with Gasteiger partial charge in [-0.05, 0) is 57.7 Å². The molecule has 7 nitrogen and oxygen atoms in total. The van der Waals surface area contributed by atoms with E-state index in [1.807, 2.05) is 20.0 Å². The Morgan fingerprint density at radius 3 is 2.74 bits per heavy atom. The van der Waals surface area contributed by atoms with E-state index in [2.05, 4.69) is 15.1 Å². The zero-order valence-electron chi connectivity index (χ0n) is 19.9. The lowest BCUT2D eigenvalue weighted by Gasteiger charge is -2.28. The first-order chi connectivity index (χ1) is 16.8. The largest absolute Gasteiger partial charge is 0.373 e. The molecule has 1 aliphatic carbocycles. The van der Waals surface area contributed by atoms with E-state index in [4.69, 9.17) is 27.7 Å². The monoisotopic (exact) mass is 479 g/mol. The van der Waals surface area contributed by atoms with Gasteiger partial charge in [0.25, 0.3) is 0 Å². The van der Waals surface area contributed by atoms with Gasteiger partial charge in [0.2, 0.25) is 0 Å². The molecule has 0 bridgehead atoms. The number of ether oxygens (including phenoxy) is 1. The lowest BCUT2D eigenvalue weighted by atomic mass is 9.92. The number of aryl methyl sites for hydroxylation is 2. The van der Waals surface area contributed by atoms with E-state index in [1.165, 1.54) is 6.07 Å². The predicted molar refractivity (Wildman–Crippen MR) is 126 cm³/mol. The molecule has 6 rings (SSSR count). The van der Waals surface area contributed by atoms with E-state index in [0.29, 0.717) is 46.3 Å². The Labute approximate surface area is 202 Å². The summed E-state index contributed by atoms with van der Waals surface area (Å²) in [6, 6.07) is 3.93. The molecule has 0 amide bonds. The first-order valence-corrected chi connectivity index (χ1v) is 11.8. The molecule has 0 unspecified atom stereocenters. The fourth-order valence-electron chi connectivity index (χ4n) is 4.41. The van der Waals surface area contributed by atoms with Crippen LogP contribution in [0.2, 0.25) is 5.02 Å². The molecule has 9 heteroatoms. The molecule has 1 aliphatic heterocycles. The van der Waals surface area contributed by atoms with Crippen molar-refractivity contribution in [2.75, 3.05) is 6.61 Å². The second-order valence-electron chi connectivity index (χ2n) is 8.99. The average molecular weight is 480 g/mol.